The van der Waals surface area contributed by atoms with Crippen molar-refractivity contribution in [2.75, 3.05) is 19.0 Å². The van der Waals surface area contributed by atoms with Crippen LogP contribution in [0.3, 0.4) is 0 Å². The van der Waals surface area contributed by atoms with Crippen LogP contribution in [0.15, 0.2) is 36.4 Å². The molecule has 2 aromatic carbocycles. The molecule has 0 spiro atoms. The van der Waals surface area contributed by atoms with Crippen LogP contribution in [0.4, 0.5) is 14.5 Å². The number of nitrogens with one attached hydrogen (secondary N) is 2. The smallest absolute Gasteiger partial charge is 0.238 e. The molecule has 0 unspecified atom stereocenters. The maximum atomic E-state index is 13.7. The van der Waals surface area contributed by atoms with Gasteiger partial charge in [0.15, 0.2) is 0 Å². The molecule has 24 heavy (non-hydrogen) atoms. The van der Waals surface area contributed by atoms with Crippen LogP contribution in [0.1, 0.15) is 18.5 Å². The predicted octanol–water partition coefficient (Wildman–Crippen LogP) is 3.92. The molecule has 1 atom stereocenters. The summed E-state index contributed by atoms with van der Waals surface area (Å²) in [6.45, 7) is 1.65. The highest BCUT2D eigenvalue weighted by Gasteiger charge is 2.13. The highest BCUT2D eigenvalue weighted by Crippen LogP contribution is 2.27. The molecule has 0 radical (unpaired) electrons. The largest absolute Gasteiger partial charge is 0.495 e. The molecule has 2 N–H and O–H groups in total. The molecule has 0 saturated carbocycles. The first-order chi connectivity index (χ1) is 11.4. The van der Waals surface area contributed by atoms with Gasteiger partial charge in [-0.3, -0.25) is 4.79 Å². The molecule has 0 aliphatic heterocycles. The van der Waals surface area contributed by atoms with Gasteiger partial charge in [-0.1, -0.05) is 17.7 Å². The maximum absolute atomic E-state index is 13.7. The summed E-state index contributed by atoms with van der Waals surface area (Å²) in [5, 5.41) is 5.93. The van der Waals surface area contributed by atoms with Crippen molar-refractivity contribution in [1.82, 2.24) is 5.32 Å². The van der Waals surface area contributed by atoms with Gasteiger partial charge in [0.25, 0.3) is 0 Å². The summed E-state index contributed by atoms with van der Waals surface area (Å²) in [6, 6.07) is 7.76. The predicted molar refractivity (Wildman–Crippen MR) is 89.4 cm³/mol. The molecule has 128 valence electrons. The standard InChI is InChI=1S/C17H17ClF2N2O2/c1-10(13-5-3-11(19)7-15(13)20)21-9-17(23)22-12-4-6-16(24-2)14(18)8-12/h3-8,10,21H,9H2,1-2H3,(H,22,23)/t10-/m1/s1. The Hall–Kier alpha value is -2.18. The Balaban J connectivity index is 1.92. The second-order valence-corrected chi connectivity index (χ2v) is 5.57. The molecule has 4 nitrogen and oxygen atoms in total. The van der Waals surface area contributed by atoms with Crippen molar-refractivity contribution >= 4 is 23.2 Å². The fourth-order valence-electron chi connectivity index (χ4n) is 2.16. The number of anilines is 1. The lowest BCUT2D eigenvalue weighted by Gasteiger charge is -2.15. The van der Waals surface area contributed by atoms with Crippen LogP contribution in [0.5, 0.6) is 5.75 Å². The van der Waals surface area contributed by atoms with Crippen LogP contribution in [-0.4, -0.2) is 19.6 Å². The first-order valence-electron chi connectivity index (χ1n) is 7.22. The van der Waals surface area contributed by atoms with E-state index in [1.54, 1.807) is 25.1 Å². The lowest BCUT2D eigenvalue weighted by atomic mass is 10.1. The molecule has 2 rings (SSSR count). The first-order valence-corrected chi connectivity index (χ1v) is 7.60. The number of carbonyl (C=O) groups excluding carboxylic acids is 1. The van der Waals surface area contributed by atoms with Gasteiger partial charge in [-0.15, -0.1) is 0 Å². The van der Waals surface area contributed by atoms with Gasteiger partial charge in [0.2, 0.25) is 5.91 Å². The summed E-state index contributed by atoms with van der Waals surface area (Å²) in [5.41, 5.74) is 0.810. The van der Waals surface area contributed by atoms with E-state index >= 15 is 0 Å². The molecule has 2 aromatic rings. The summed E-state index contributed by atoms with van der Waals surface area (Å²) in [6.07, 6.45) is 0. The molecule has 0 aliphatic carbocycles. The Morgan fingerprint density at radius 3 is 2.62 bits per heavy atom. The average molecular weight is 355 g/mol. The fraction of sp³-hybridized carbons (Fsp3) is 0.235. The Bertz CT molecular complexity index is 741. The lowest BCUT2D eigenvalue weighted by molar-refractivity contribution is -0.115. The van der Waals surface area contributed by atoms with Gasteiger partial charge in [-0.2, -0.15) is 0 Å². The van der Waals surface area contributed by atoms with Gasteiger partial charge in [0, 0.05) is 23.4 Å². The molecule has 7 heteroatoms. The molecule has 0 fully saturated rings. The zero-order chi connectivity index (χ0) is 17.7. The minimum absolute atomic E-state index is 0.0400. The van der Waals surface area contributed by atoms with E-state index in [2.05, 4.69) is 10.6 Å². The third kappa shape index (κ3) is 4.66. The number of hydrogen-bond donors (Lipinski definition) is 2. The number of methoxy groups -OCH3 is 1. The normalized spacial score (nSPS) is 11.9. The van der Waals surface area contributed by atoms with Crippen molar-refractivity contribution in [2.24, 2.45) is 0 Å². The lowest BCUT2D eigenvalue weighted by Crippen LogP contribution is -2.30. The van der Waals surface area contributed by atoms with E-state index in [0.717, 1.165) is 6.07 Å². The van der Waals surface area contributed by atoms with Crippen molar-refractivity contribution in [3.63, 3.8) is 0 Å². The minimum atomic E-state index is -0.655. The monoisotopic (exact) mass is 354 g/mol. The van der Waals surface area contributed by atoms with E-state index in [1.807, 2.05) is 0 Å². The number of amides is 1. The van der Waals surface area contributed by atoms with Gasteiger partial charge in [-0.25, -0.2) is 8.78 Å². The van der Waals surface area contributed by atoms with Gasteiger partial charge in [0.05, 0.1) is 18.7 Å². The molecule has 0 heterocycles. The fourth-order valence-corrected chi connectivity index (χ4v) is 2.42. The van der Waals surface area contributed by atoms with E-state index < -0.39 is 17.7 Å². The van der Waals surface area contributed by atoms with Gasteiger partial charge >= 0.3 is 0 Å². The Morgan fingerprint density at radius 2 is 2.00 bits per heavy atom. The van der Waals surface area contributed by atoms with Crippen molar-refractivity contribution in [2.45, 2.75) is 13.0 Å². The number of carbonyl (C=O) groups is 1. The van der Waals surface area contributed by atoms with E-state index in [-0.39, 0.29) is 18.0 Å². The first kappa shape index (κ1) is 18.2. The van der Waals surface area contributed by atoms with E-state index in [9.17, 15) is 13.6 Å². The molecular formula is C17H17ClF2N2O2. The van der Waals surface area contributed by atoms with E-state index in [4.69, 9.17) is 16.3 Å². The number of halogens is 3. The van der Waals surface area contributed by atoms with Crippen LogP contribution in [0, 0.1) is 11.6 Å². The van der Waals surface area contributed by atoms with Crippen LogP contribution in [-0.2, 0) is 4.79 Å². The molecule has 1 amide bonds. The second kappa shape index (κ2) is 8.08. The average Bonchev–Trinajstić information content (AvgIpc) is 2.53. The van der Waals surface area contributed by atoms with Crippen LogP contribution in [0.2, 0.25) is 5.02 Å². The Labute approximate surface area is 143 Å². The minimum Gasteiger partial charge on any atom is -0.495 e. The topological polar surface area (TPSA) is 50.4 Å². The van der Waals surface area contributed by atoms with Crippen molar-refractivity contribution < 1.29 is 18.3 Å². The van der Waals surface area contributed by atoms with Crippen molar-refractivity contribution in [3.05, 3.63) is 58.6 Å². The van der Waals surface area contributed by atoms with Crippen LogP contribution < -0.4 is 15.4 Å². The number of hydrogen-bond acceptors (Lipinski definition) is 3. The molecule has 0 saturated heterocycles. The third-order valence-electron chi connectivity index (χ3n) is 3.43. The zero-order valence-electron chi connectivity index (χ0n) is 13.2. The number of rotatable bonds is 6. The number of ether oxygens (including phenoxy) is 1. The summed E-state index contributed by atoms with van der Waals surface area (Å²) in [4.78, 5) is 12.0. The highest BCUT2D eigenvalue weighted by atomic mass is 35.5. The summed E-state index contributed by atoms with van der Waals surface area (Å²) >= 11 is 5.99. The molecule has 0 aromatic heterocycles. The quantitative estimate of drug-likeness (QED) is 0.826. The van der Waals surface area contributed by atoms with Gasteiger partial charge in [-0.05, 0) is 31.2 Å². The second-order valence-electron chi connectivity index (χ2n) is 5.17. The highest BCUT2D eigenvalue weighted by molar-refractivity contribution is 6.32. The van der Waals surface area contributed by atoms with Gasteiger partial charge in [0.1, 0.15) is 17.4 Å². The molecular weight excluding hydrogens is 338 g/mol. The maximum Gasteiger partial charge on any atom is 0.238 e. The molecule has 0 aliphatic rings. The van der Waals surface area contributed by atoms with E-state index in [1.165, 1.54) is 19.2 Å². The summed E-state index contributed by atoms with van der Waals surface area (Å²) in [7, 11) is 1.50. The Morgan fingerprint density at radius 1 is 1.25 bits per heavy atom. The third-order valence-corrected chi connectivity index (χ3v) is 3.73. The van der Waals surface area contributed by atoms with Gasteiger partial charge < -0.3 is 15.4 Å². The van der Waals surface area contributed by atoms with E-state index in [0.29, 0.717) is 16.5 Å². The zero-order valence-corrected chi connectivity index (χ0v) is 14.0. The van der Waals surface area contributed by atoms with Crippen LogP contribution in [0.25, 0.3) is 0 Å². The SMILES string of the molecule is COc1ccc(NC(=O)CN[C@H](C)c2ccc(F)cc2F)cc1Cl. The molecule has 0 bridgehead atoms. The Kier molecular flexibility index (Phi) is 6.11. The van der Waals surface area contributed by atoms with Crippen LogP contribution >= 0.6 is 11.6 Å². The summed E-state index contributed by atoms with van der Waals surface area (Å²) < 4.78 is 31.6. The van der Waals surface area contributed by atoms with Crippen molar-refractivity contribution in [1.29, 1.82) is 0 Å². The summed E-state index contributed by atoms with van der Waals surface area (Å²) in [5.74, 6) is -1.10. The van der Waals surface area contributed by atoms with Crippen molar-refractivity contribution in [3.8, 4) is 5.75 Å². The number of benzene rings is 2.